The fourth-order valence-electron chi connectivity index (χ4n) is 4.57. The molecule has 7 nitrogen and oxygen atoms in total. The van der Waals surface area contributed by atoms with Crippen molar-refractivity contribution in [2.75, 3.05) is 26.3 Å². The third kappa shape index (κ3) is 3.48. The summed E-state index contributed by atoms with van der Waals surface area (Å²) in [6, 6.07) is 11.9. The Balaban J connectivity index is 1.31. The second-order valence-electron chi connectivity index (χ2n) is 8.25. The summed E-state index contributed by atoms with van der Waals surface area (Å²) in [6.45, 7) is 2.54. The summed E-state index contributed by atoms with van der Waals surface area (Å²) in [7, 11) is 0. The van der Waals surface area contributed by atoms with Gasteiger partial charge in [-0.3, -0.25) is 4.79 Å². The number of hydrogen-bond donors (Lipinski definition) is 1. The molecule has 2 fully saturated rings. The van der Waals surface area contributed by atoms with Gasteiger partial charge in [0.2, 0.25) is 0 Å². The first-order valence-corrected chi connectivity index (χ1v) is 10.6. The smallest absolute Gasteiger partial charge is 0.255 e. The third-order valence-corrected chi connectivity index (χ3v) is 6.43. The Morgan fingerprint density at radius 1 is 1.10 bits per heavy atom. The molecule has 0 spiro atoms. The number of pyridine rings is 1. The fraction of sp³-hybridized carbons (Fsp3) is 0.435. The molecule has 1 aromatic carbocycles. The van der Waals surface area contributed by atoms with Crippen molar-refractivity contribution >= 4 is 17.1 Å². The highest BCUT2D eigenvalue weighted by molar-refractivity contribution is 5.96. The summed E-state index contributed by atoms with van der Waals surface area (Å²) in [4.78, 5) is 23.9. The van der Waals surface area contributed by atoms with E-state index in [0.717, 1.165) is 42.8 Å². The maximum absolute atomic E-state index is 13.1. The Bertz CT molecular complexity index is 1040. The van der Waals surface area contributed by atoms with E-state index in [1.807, 2.05) is 42.7 Å². The van der Waals surface area contributed by atoms with Crippen LogP contribution in [0.3, 0.4) is 0 Å². The average Bonchev–Trinajstić information content (AvgIpc) is 3.24. The number of fused-ring (bicyclic) bond motifs is 1. The molecule has 2 aromatic heterocycles. The van der Waals surface area contributed by atoms with Crippen molar-refractivity contribution in [1.82, 2.24) is 19.4 Å². The number of likely N-dealkylation sites (tertiary alicyclic amines) is 1. The number of hydrogen-bond acceptors (Lipinski definition) is 5. The van der Waals surface area contributed by atoms with Gasteiger partial charge in [-0.25, -0.2) is 9.97 Å². The number of imidazole rings is 1. The lowest BCUT2D eigenvalue weighted by atomic mass is 9.84. The number of rotatable bonds is 3. The molecule has 0 atom stereocenters. The highest BCUT2D eigenvalue weighted by Crippen LogP contribution is 2.33. The number of nitrogens with zero attached hydrogens (tertiary/aromatic N) is 4. The molecule has 0 unspecified atom stereocenters. The molecule has 3 aromatic rings. The Kier molecular flexibility index (Phi) is 5.00. The molecule has 156 valence electrons. The Morgan fingerprint density at radius 3 is 2.57 bits per heavy atom. The van der Waals surface area contributed by atoms with E-state index in [1.165, 1.54) is 0 Å². The molecule has 1 N–H and O–H groups in total. The van der Waals surface area contributed by atoms with Gasteiger partial charge in [-0.1, -0.05) is 30.3 Å². The molecule has 0 saturated carbocycles. The first-order valence-electron chi connectivity index (χ1n) is 10.6. The second-order valence-corrected chi connectivity index (χ2v) is 8.25. The lowest BCUT2D eigenvalue weighted by molar-refractivity contribution is -0.0211. The number of aliphatic hydroxyl groups is 1. The highest BCUT2D eigenvalue weighted by atomic mass is 16.5. The summed E-state index contributed by atoms with van der Waals surface area (Å²) < 4.78 is 7.55. The van der Waals surface area contributed by atoms with Crippen molar-refractivity contribution in [3.63, 3.8) is 0 Å². The summed E-state index contributed by atoms with van der Waals surface area (Å²) in [5.41, 5.74) is 2.15. The van der Waals surface area contributed by atoms with Gasteiger partial charge in [-0.05, 0) is 37.3 Å². The van der Waals surface area contributed by atoms with Crippen molar-refractivity contribution in [3.05, 3.63) is 60.0 Å². The van der Waals surface area contributed by atoms with Crippen LogP contribution in [-0.4, -0.2) is 56.8 Å². The minimum Gasteiger partial charge on any atom is -0.385 e. The van der Waals surface area contributed by atoms with E-state index in [0.29, 0.717) is 37.5 Å². The third-order valence-electron chi connectivity index (χ3n) is 6.43. The number of amides is 1. The number of ether oxygens (including phenoxy) is 1. The van der Waals surface area contributed by atoms with Gasteiger partial charge in [0.05, 0.1) is 17.5 Å². The van der Waals surface area contributed by atoms with E-state index in [1.54, 1.807) is 11.1 Å². The van der Waals surface area contributed by atoms with Gasteiger partial charge in [-0.2, -0.15) is 0 Å². The largest absolute Gasteiger partial charge is 0.385 e. The summed E-state index contributed by atoms with van der Waals surface area (Å²) >= 11 is 0. The SMILES string of the molecule is O=C(c1cnc2c(c1)ncn2C1CCOCC1)N1CCC(O)(c2ccccc2)CC1. The molecule has 30 heavy (non-hydrogen) atoms. The van der Waals surface area contributed by atoms with Crippen LogP contribution in [-0.2, 0) is 10.3 Å². The Labute approximate surface area is 175 Å². The minimum absolute atomic E-state index is 0.0554. The molecule has 0 radical (unpaired) electrons. The van der Waals surface area contributed by atoms with Crippen LogP contribution in [0.25, 0.3) is 11.2 Å². The summed E-state index contributed by atoms with van der Waals surface area (Å²) in [5.74, 6) is -0.0554. The Morgan fingerprint density at radius 2 is 1.83 bits per heavy atom. The second kappa shape index (κ2) is 7.81. The van der Waals surface area contributed by atoms with Gasteiger partial charge < -0.3 is 19.3 Å². The van der Waals surface area contributed by atoms with E-state index < -0.39 is 5.60 Å². The quantitative estimate of drug-likeness (QED) is 0.723. The van der Waals surface area contributed by atoms with Crippen molar-refractivity contribution in [3.8, 4) is 0 Å². The molecule has 2 aliphatic rings. The summed E-state index contributed by atoms with van der Waals surface area (Å²) in [5, 5.41) is 11.0. The maximum Gasteiger partial charge on any atom is 0.255 e. The molecule has 7 heteroatoms. The summed E-state index contributed by atoms with van der Waals surface area (Å²) in [6.07, 6.45) is 6.43. The van der Waals surface area contributed by atoms with Crippen LogP contribution >= 0.6 is 0 Å². The zero-order valence-electron chi connectivity index (χ0n) is 16.9. The molecule has 5 rings (SSSR count). The monoisotopic (exact) mass is 406 g/mol. The van der Waals surface area contributed by atoms with Crippen LogP contribution in [0.5, 0.6) is 0 Å². The fourth-order valence-corrected chi connectivity index (χ4v) is 4.57. The van der Waals surface area contributed by atoms with E-state index in [-0.39, 0.29) is 5.91 Å². The number of piperidine rings is 1. The molecule has 4 heterocycles. The van der Waals surface area contributed by atoms with Crippen LogP contribution in [0.15, 0.2) is 48.9 Å². The van der Waals surface area contributed by atoms with Crippen molar-refractivity contribution in [1.29, 1.82) is 0 Å². The Hall–Kier alpha value is -2.77. The van der Waals surface area contributed by atoms with Crippen LogP contribution in [0.1, 0.15) is 47.6 Å². The van der Waals surface area contributed by atoms with E-state index in [9.17, 15) is 9.90 Å². The van der Waals surface area contributed by atoms with Gasteiger partial charge in [-0.15, -0.1) is 0 Å². The zero-order valence-corrected chi connectivity index (χ0v) is 16.9. The molecule has 1 amide bonds. The van der Waals surface area contributed by atoms with Crippen LogP contribution in [0.2, 0.25) is 0 Å². The van der Waals surface area contributed by atoms with Gasteiger partial charge in [0.15, 0.2) is 5.65 Å². The molecule has 2 saturated heterocycles. The number of carbonyl (C=O) groups is 1. The van der Waals surface area contributed by atoms with E-state index >= 15 is 0 Å². The van der Waals surface area contributed by atoms with Gasteiger partial charge >= 0.3 is 0 Å². The molecule has 0 bridgehead atoms. The topological polar surface area (TPSA) is 80.5 Å². The standard InChI is InChI=1S/C23H26N4O3/c28-22(26-10-8-23(29,9-11-26)18-4-2-1-3-5-18)17-14-20-21(24-15-17)27(16-25-20)19-6-12-30-13-7-19/h1-5,14-16,19,29H,6-13H2. The van der Waals surface area contributed by atoms with Gasteiger partial charge in [0, 0.05) is 38.5 Å². The van der Waals surface area contributed by atoms with Gasteiger partial charge in [0.1, 0.15) is 5.52 Å². The highest BCUT2D eigenvalue weighted by Gasteiger charge is 2.35. The zero-order chi connectivity index (χ0) is 20.6. The van der Waals surface area contributed by atoms with Crippen molar-refractivity contribution in [2.45, 2.75) is 37.3 Å². The van der Waals surface area contributed by atoms with E-state index in [4.69, 9.17) is 4.74 Å². The first kappa shape index (κ1) is 19.2. The number of carbonyl (C=O) groups excluding carboxylic acids is 1. The van der Waals surface area contributed by atoms with Gasteiger partial charge in [0.25, 0.3) is 5.91 Å². The molecule has 0 aliphatic carbocycles. The van der Waals surface area contributed by atoms with Crippen LogP contribution in [0, 0.1) is 0 Å². The predicted octanol–water partition coefficient (Wildman–Crippen LogP) is 2.91. The van der Waals surface area contributed by atoms with Crippen LogP contribution in [0.4, 0.5) is 0 Å². The number of benzene rings is 1. The predicted molar refractivity (Wildman–Crippen MR) is 112 cm³/mol. The lowest BCUT2D eigenvalue weighted by Crippen LogP contribution is -2.45. The maximum atomic E-state index is 13.1. The molecular formula is C23H26N4O3. The van der Waals surface area contributed by atoms with E-state index in [2.05, 4.69) is 14.5 Å². The molecule has 2 aliphatic heterocycles. The average molecular weight is 406 g/mol. The van der Waals surface area contributed by atoms with Crippen molar-refractivity contribution < 1.29 is 14.6 Å². The van der Waals surface area contributed by atoms with Crippen LogP contribution < -0.4 is 0 Å². The minimum atomic E-state index is -0.872. The number of aromatic nitrogens is 3. The first-order chi connectivity index (χ1) is 14.6. The lowest BCUT2D eigenvalue weighted by Gasteiger charge is -2.38. The normalized spacial score (nSPS) is 19.8. The molecular weight excluding hydrogens is 380 g/mol. The van der Waals surface area contributed by atoms with Crippen molar-refractivity contribution in [2.24, 2.45) is 0 Å².